The van der Waals surface area contributed by atoms with Crippen LogP contribution in [0, 0.1) is 3.57 Å². The molecule has 1 heterocycles. The van der Waals surface area contributed by atoms with Crippen LogP contribution in [0.5, 0.6) is 5.75 Å². The standard InChI is InChI=1S/C23H18INO3S/c1-2-28-20-12-9-16-5-3-4-6-18(16)19(20)13-21-22(26)25(23(27)29-21)14-15-7-10-17(24)11-8-15/h3-13H,2,14H2,1H3/b21-13+. The average Bonchev–Trinajstić information content (AvgIpc) is 2.99. The summed E-state index contributed by atoms with van der Waals surface area (Å²) in [6, 6.07) is 19.7. The number of thioether (sulfide) groups is 1. The van der Waals surface area contributed by atoms with Crippen LogP contribution in [-0.4, -0.2) is 22.7 Å². The van der Waals surface area contributed by atoms with Crippen LogP contribution in [0.3, 0.4) is 0 Å². The van der Waals surface area contributed by atoms with Crippen molar-refractivity contribution in [3.63, 3.8) is 0 Å². The van der Waals surface area contributed by atoms with Gasteiger partial charge in [0.25, 0.3) is 11.1 Å². The maximum absolute atomic E-state index is 13.0. The minimum atomic E-state index is -0.270. The van der Waals surface area contributed by atoms with Crippen LogP contribution in [0.1, 0.15) is 18.1 Å². The fourth-order valence-corrected chi connectivity index (χ4v) is 4.43. The molecule has 1 saturated heterocycles. The highest BCUT2D eigenvalue weighted by molar-refractivity contribution is 14.1. The van der Waals surface area contributed by atoms with Crippen LogP contribution in [0.2, 0.25) is 0 Å². The maximum Gasteiger partial charge on any atom is 0.293 e. The van der Waals surface area contributed by atoms with Crippen LogP contribution < -0.4 is 4.74 Å². The fraction of sp³-hybridized carbons (Fsp3) is 0.130. The molecule has 0 aliphatic carbocycles. The van der Waals surface area contributed by atoms with E-state index in [0.717, 1.165) is 37.2 Å². The van der Waals surface area contributed by atoms with Crippen molar-refractivity contribution in [2.24, 2.45) is 0 Å². The highest BCUT2D eigenvalue weighted by Crippen LogP contribution is 2.37. The first kappa shape index (κ1) is 20.0. The molecule has 2 amide bonds. The van der Waals surface area contributed by atoms with E-state index in [0.29, 0.717) is 17.3 Å². The van der Waals surface area contributed by atoms with Gasteiger partial charge in [-0.1, -0.05) is 42.5 Å². The molecule has 0 aromatic heterocycles. The molecule has 146 valence electrons. The number of carbonyl (C=O) groups excluding carboxylic acids is 2. The summed E-state index contributed by atoms with van der Waals surface area (Å²) >= 11 is 3.20. The molecular weight excluding hydrogens is 497 g/mol. The quantitative estimate of drug-likeness (QED) is 0.305. The Morgan fingerprint density at radius 3 is 2.55 bits per heavy atom. The lowest BCUT2D eigenvalue weighted by Gasteiger charge is -2.13. The molecule has 0 spiro atoms. The molecule has 0 bridgehead atoms. The summed E-state index contributed by atoms with van der Waals surface area (Å²) in [6.07, 6.45) is 1.78. The van der Waals surface area contributed by atoms with E-state index in [1.54, 1.807) is 6.08 Å². The molecule has 0 atom stereocenters. The highest BCUT2D eigenvalue weighted by atomic mass is 127. The lowest BCUT2D eigenvalue weighted by molar-refractivity contribution is -0.123. The van der Waals surface area contributed by atoms with Gasteiger partial charge < -0.3 is 4.74 Å². The minimum absolute atomic E-state index is 0.252. The molecule has 4 nitrogen and oxygen atoms in total. The number of hydrogen-bond donors (Lipinski definition) is 0. The number of imide groups is 1. The summed E-state index contributed by atoms with van der Waals surface area (Å²) in [5.74, 6) is 0.435. The van der Waals surface area contributed by atoms with Crippen molar-refractivity contribution in [3.05, 3.63) is 80.3 Å². The Hall–Kier alpha value is -2.32. The average molecular weight is 515 g/mol. The van der Waals surface area contributed by atoms with E-state index < -0.39 is 0 Å². The zero-order chi connectivity index (χ0) is 20.4. The molecule has 0 N–H and O–H groups in total. The molecule has 1 aliphatic heterocycles. The summed E-state index contributed by atoms with van der Waals surface area (Å²) in [7, 11) is 0. The monoisotopic (exact) mass is 515 g/mol. The number of amides is 2. The molecule has 1 aliphatic rings. The van der Waals surface area contributed by atoms with Crippen molar-refractivity contribution in [3.8, 4) is 5.75 Å². The Bertz CT molecular complexity index is 1120. The summed E-state index contributed by atoms with van der Waals surface area (Å²) in [5, 5.41) is 1.79. The summed E-state index contributed by atoms with van der Waals surface area (Å²) < 4.78 is 6.90. The molecule has 1 fully saturated rings. The number of halogens is 1. The number of nitrogens with zero attached hydrogens (tertiary/aromatic N) is 1. The van der Waals surface area contributed by atoms with Crippen LogP contribution in [-0.2, 0) is 11.3 Å². The Balaban J connectivity index is 1.70. The van der Waals surface area contributed by atoms with E-state index in [1.807, 2.05) is 67.6 Å². The third-order valence-corrected chi connectivity index (χ3v) is 6.26. The number of benzene rings is 3. The van der Waals surface area contributed by atoms with Crippen molar-refractivity contribution >= 4 is 62.3 Å². The first-order valence-corrected chi connectivity index (χ1v) is 11.1. The van der Waals surface area contributed by atoms with Gasteiger partial charge in [-0.3, -0.25) is 14.5 Å². The van der Waals surface area contributed by atoms with Gasteiger partial charge in [0.1, 0.15) is 5.75 Å². The fourth-order valence-electron chi connectivity index (χ4n) is 3.25. The molecule has 3 aromatic rings. The van der Waals surface area contributed by atoms with Crippen LogP contribution in [0.15, 0.2) is 65.6 Å². The SMILES string of the molecule is CCOc1ccc2ccccc2c1/C=C1/SC(=O)N(Cc2ccc(I)cc2)C1=O. The Morgan fingerprint density at radius 1 is 1.03 bits per heavy atom. The lowest BCUT2D eigenvalue weighted by Crippen LogP contribution is -2.27. The maximum atomic E-state index is 13.0. The minimum Gasteiger partial charge on any atom is -0.493 e. The Morgan fingerprint density at radius 2 is 1.79 bits per heavy atom. The van der Waals surface area contributed by atoms with E-state index in [4.69, 9.17) is 4.74 Å². The number of rotatable bonds is 5. The topological polar surface area (TPSA) is 46.6 Å². The van der Waals surface area contributed by atoms with Gasteiger partial charge in [0.15, 0.2) is 0 Å². The van der Waals surface area contributed by atoms with Crippen LogP contribution >= 0.6 is 34.4 Å². The second-order valence-electron chi connectivity index (χ2n) is 6.53. The van der Waals surface area contributed by atoms with Crippen molar-refractivity contribution < 1.29 is 14.3 Å². The van der Waals surface area contributed by atoms with Gasteiger partial charge in [-0.15, -0.1) is 0 Å². The van der Waals surface area contributed by atoms with E-state index in [2.05, 4.69) is 22.6 Å². The van der Waals surface area contributed by atoms with Gasteiger partial charge in [0, 0.05) is 9.13 Å². The second-order valence-corrected chi connectivity index (χ2v) is 8.76. The zero-order valence-corrected chi connectivity index (χ0v) is 18.7. The molecule has 0 radical (unpaired) electrons. The molecule has 4 rings (SSSR count). The van der Waals surface area contributed by atoms with Gasteiger partial charge in [-0.25, -0.2) is 0 Å². The highest BCUT2D eigenvalue weighted by Gasteiger charge is 2.35. The van der Waals surface area contributed by atoms with Crippen molar-refractivity contribution in [1.29, 1.82) is 0 Å². The first-order chi connectivity index (χ1) is 14.1. The Kier molecular flexibility index (Phi) is 5.91. The van der Waals surface area contributed by atoms with Crippen molar-refractivity contribution in [1.82, 2.24) is 4.90 Å². The number of hydrogen-bond acceptors (Lipinski definition) is 4. The predicted octanol–water partition coefficient (Wildman–Crippen LogP) is 6.08. The second kappa shape index (κ2) is 8.59. The molecule has 0 saturated carbocycles. The largest absolute Gasteiger partial charge is 0.493 e. The van der Waals surface area contributed by atoms with E-state index in [9.17, 15) is 9.59 Å². The number of carbonyl (C=O) groups is 2. The Labute approximate surface area is 187 Å². The van der Waals surface area contributed by atoms with Gasteiger partial charge >= 0.3 is 0 Å². The van der Waals surface area contributed by atoms with Gasteiger partial charge in [0.05, 0.1) is 18.1 Å². The van der Waals surface area contributed by atoms with E-state index in [1.165, 1.54) is 4.90 Å². The smallest absolute Gasteiger partial charge is 0.293 e. The predicted molar refractivity (Wildman–Crippen MR) is 126 cm³/mol. The molecule has 6 heteroatoms. The lowest BCUT2D eigenvalue weighted by atomic mass is 10.0. The third kappa shape index (κ3) is 4.18. The summed E-state index contributed by atoms with van der Waals surface area (Å²) in [5.41, 5.74) is 1.75. The molecule has 29 heavy (non-hydrogen) atoms. The normalized spacial score (nSPS) is 15.5. The number of fused-ring (bicyclic) bond motifs is 1. The van der Waals surface area contributed by atoms with E-state index in [-0.39, 0.29) is 17.7 Å². The molecular formula is C23H18INO3S. The van der Waals surface area contributed by atoms with Gasteiger partial charge in [-0.05, 0) is 81.9 Å². The molecule has 0 unspecified atom stereocenters. The number of ether oxygens (including phenoxy) is 1. The third-order valence-electron chi connectivity index (χ3n) is 4.63. The summed E-state index contributed by atoms with van der Waals surface area (Å²) in [4.78, 5) is 27.2. The van der Waals surface area contributed by atoms with Crippen LogP contribution in [0.4, 0.5) is 4.79 Å². The van der Waals surface area contributed by atoms with Crippen LogP contribution in [0.25, 0.3) is 16.8 Å². The zero-order valence-electron chi connectivity index (χ0n) is 15.7. The molecule has 3 aromatic carbocycles. The van der Waals surface area contributed by atoms with Crippen molar-refractivity contribution in [2.75, 3.05) is 6.61 Å². The van der Waals surface area contributed by atoms with Gasteiger partial charge in [0.2, 0.25) is 0 Å². The summed E-state index contributed by atoms with van der Waals surface area (Å²) in [6.45, 7) is 2.72. The first-order valence-electron chi connectivity index (χ1n) is 9.21. The van der Waals surface area contributed by atoms with Crippen molar-refractivity contribution in [2.45, 2.75) is 13.5 Å². The van der Waals surface area contributed by atoms with E-state index >= 15 is 0 Å². The van der Waals surface area contributed by atoms with Gasteiger partial charge in [-0.2, -0.15) is 0 Å².